The van der Waals surface area contributed by atoms with Crippen molar-refractivity contribution >= 4 is 17.5 Å². The number of pyridine rings is 1. The monoisotopic (exact) mass is 326 g/mol. The number of carbonyl (C=O) groups excluding carboxylic acids is 1. The van der Waals surface area contributed by atoms with E-state index in [4.69, 9.17) is 4.74 Å². The number of hydrogen-bond acceptors (Lipinski definition) is 5. The molecule has 0 aliphatic carbocycles. The second-order valence-corrected chi connectivity index (χ2v) is 5.11. The van der Waals surface area contributed by atoms with Crippen molar-refractivity contribution in [2.24, 2.45) is 7.05 Å². The number of hydrogen-bond donors (Lipinski definition) is 1. The molecule has 7 heteroatoms. The van der Waals surface area contributed by atoms with Crippen molar-refractivity contribution < 1.29 is 13.9 Å². The van der Waals surface area contributed by atoms with Crippen LogP contribution in [0.25, 0.3) is 11.1 Å². The number of carbonyl (C=O) groups is 1. The largest absolute Gasteiger partial charge is 0.465 e. The highest BCUT2D eigenvalue weighted by atomic mass is 19.1. The molecule has 24 heavy (non-hydrogen) atoms. The van der Waals surface area contributed by atoms with Gasteiger partial charge in [-0.15, -0.1) is 0 Å². The molecule has 0 amide bonds. The molecule has 0 saturated heterocycles. The molecule has 1 N–H and O–H groups in total. The van der Waals surface area contributed by atoms with E-state index in [1.165, 1.54) is 31.6 Å². The summed E-state index contributed by atoms with van der Waals surface area (Å²) in [7, 11) is 3.10. The van der Waals surface area contributed by atoms with Crippen LogP contribution in [-0.4, -0.2) is 27.8 Å². The molecule has 2 heterocycles. The van der Waals surface area contributed by atoms with E-state index in [1.807, 2.05) is 6.20 Å². The molecular weight excluding hydrogens is 311 g/mol. The van der Waals surface area contributed by atoms with Crippen LogP contribution in [0.4, 0.5) is 15.9 Å². The molecule has 3 aromatic rings. The molecule has 3 rings (SSSR count). The quantitative estimate of drug-likeness (QED) is 0.746. The van der Waals surface area contributed by atoms with Gasteiger partial charge in [0.1, 0.15) is 5.82 Å². The Balaban J connectivity index is 2.00. The first-order chi connectivity index (χ1) is 11.6. The molecule has 0 atom stereocenters. The zero-order chi connectivity index (χ0) is 17.1. The van der Waals surface area contributed by atoms with E-state index in [1.54, 1.807) is 29.9 Å². The molecule has 0 radical (unpaired) electrons. The average molecular weight is 326 g/mol. The van der Waals surface area contributed by atoms with Crippen molar-refractivity contribution in [3.63, 3.8) is 0 Å². The molecule has 0 unspecified atom stereocenters. The first-order valence-corrected chi connectivity index (χ1v) is 7.17. The third-order valence-electron chi connectivity index (χ3n) is 3.46. The van der Waals surface area contributed by atoms with Gasteiger partial charge < -0.3 is 10.1 Å². The lowest BCUT2D eigenvalue weighted by Gasteiger charge is -2.09. The SMILES string of the molecule is COC(=O)c1ccncc1Nc1nn(C)cc1-c1ccc(F)cc1. The number of halogens is 1. The van der Waals surface area contributed by atoms with Gasteiger partial charge in [-0.25, -0.2) is 9.18 Å². The lowest BCUT2D eigenvalue weighted by molar-refractivity contribution is 0.0602. The third kappa shape index (κ3) is 3.10. The van der Waals surface area contributed by atoms with Crippen LogP contribution in [0, 0.1) is 5.82 Å². The summed E-state index contributed by atoms with van der Waals surface area (Å²) in [6.45, 7) is 0. The van der Waals surface area contributed by atoms with Crippen molar-refractivity contribution in [2.75, 3.05) is 12.4 Å². The molecule has 0 fully saturated rings. The van der Waals surface area contributed by atoms with Crippen LogP contribution >= 0.6 is 0 Å². The van der Waals surface area contributed by atoms with Crippen LogP contribution < -0.4 is 5.32 Å². The highest BCUT2D eigenvalue weighted by molar-refractivity contribution is 5.96. The van der Waals surface area contributed by atoms with Crippen molar-refractivity contribution in [3.8, 4) is 11.1 Å². The summed E-state index contributed by atoms with van der Waals surface area (Å²) < 4.78 is 19.5. The van der Waals surface area contributed by atoms with Gasteiger partial charge in [0.15, 0.2) is 5.82 Å². The van der Waals surface area contributed by atoms with Gasteiger partial charge in [-0.3, -0.25) is 9.67 Å². The van der Waals surface area contributed by atoms with Gasteiger partial charge in [0.25, 0.3) is 0 Å². The molecule has 2 aromatic heterocycles. The number of anilines is 2. The lowest BCUT2D eigenvalue weighted by atomic mass is 10.1. The highest BCUT2D eigenvalue weighted by Crippen LogP contribution is 2.30. The Kier molecular flexibility index (Phi) is 4.24. The van der Waals surface area contributed by atoms with Crippen molar-refractivity contribution in [1.82, 2.24) is 14.8 Å². The zero-order valence-electron chi connectivity index (χ0n) is 13.2. The Hall–Kier alpha value is -3.22. The molecule has 6 nitrogen and oxygen atoms in total. The van der Waals surface area contributed by atoms with Gasteiger partial charge in [-0.1, -0.05) is 12.1 Å². The maximum absolute atomic E-state index is 13.1. The fourth-order valence-corrected chi connectivity index (χ4v) is 2.33. The minimum absolute atomic E-state index is 0.308. The normalized spacial score (nSPS) is 10.5. The van der Waals surface area contributed by atoms with Gasteiger partial charge in [0.2, 0.25) is 0 Å². The summed E-state index contributed by atoms with van der Waals surface area (Å²) in [5.74, 6) is -0.251. The van der Waals surface area contributed by atoms with Crippen molar-refractivity contribution in [1.29, 1.82) is 0 Å². The van der Waals surface area contributed by atoms with Gasteiger partial charge >= 0.3 is 5.97 Å². The molecule has 0 aliphatic rings. The maximum Gasteiger partial charge on any atom is 0.340 e. The number of nitrogens with zero attached hydrogens (tertiary/aromatic N) is 3. The van der Waals surface area contributed by atoms with E-state index in [0.717, 1.165) is 11.1 Å². The predicted molar refractivity (Wildman–Crippen MR) is 87.5 cm³/mol. The molecule has 0 bridgehead atoms. The Morgan fingerprint density at radius 3 is 2.71 bits per heavy atom. The zero-order valence-corrected chi connectivity index (χ0v) is 13.2. The minimum Gasteiger partial charge on any atom is -0.465 e. The average Bonchev–Trinajstić information content (AvgIpc) is 2.95. The second kappa shape index (κ2) is 6.49. The number of aromatic nitrogens is 3. The summed E-state index contributed by atoms with van der Waals surface area (Å²) in [6.07, 6.45) is 4.84. The van der Waals surface area contributed by atoms with Crippen molar-refractivity contribution in [2.45, 2.75) is 0 Å². The second-order valence-electron chi connectivity index (χ2n) is 5.11. The van der Waals surface area contributed by atoms with E-state index in [2.05, 4.69) is 15.4 Å². The van der Waals surface area contributed by atoms with Gasteiger partial charge in [-0.2, -0.15) is 5.10 Å². The Morgan fingerprint density at radius 1 is 1.25 bits per heavy atom. The summed E-state index contributed by atoms with van der Waals surface area (Å²) in [4.78, 5) is 15.9. The highest BCUT2D eigenvalue weighted by Gasteiger charge is 2.16. The summed E-state index contributed by atoms with van der Waals surface area (Å²) in [5.41, 5.74) is 2.40. The van der Waals surface area contributed by atoms with Gasteiger partial charge in [0, 0.05) is 25.0 Å². The topological polar surface area (TPSA) is 69.0 Å². The Bertz CT molecular complexity index is 875. The number of ether oxygens (including phenoxy) is 1. The Labute approximate surface area is 137 Å². The lowest BCUT2D eigenvalue weighted by Crippen LogP contribution is -2.06. The standard InChI is InChI=1S/C17H15FN4O2/c1-22-10-14(11-3-5-12(18)6-4-11)16(21-22)20-15-9-19-8-7-13(15)17(23)24-2/h3-10H,1-2H3,(H,20,21). The molecule has 122 valence electrons. The van der Waals surface area contributed by atoms with E-state index in [-0.39, 0.29) is 5.82 Å². The van der Waals surface area contributed by atoms with Crippen LogP contribution in [0.2, 0.25) is 0 Å². The fourth-order valence-electron chi connectivity index (χ4n) is 2.33. The van der Waals surface area contributed by atoms with Crippen LogP contribution in [0.15, 0.2) is 48.9 Å². The van der Waals surface area contributed by atoms with Crippen LogP contribution in [0.1, 0.15) is 10.4 Å². The summed E-state index contributed by atoms with van der Waals surface area (Å²) in [5, 5.41) is 7.46. The first-order valence-electron chi connectivity index (χ1n) is 7.17. The fraction of sp³-hybridized carbons (Fsp3) is 0.118. The van der Waals surface area contributed by atoms with E-state index in [9.17, 15) is 9.18 Å². The first kappa shape index (κ1) is 15.7. The minimum atomic E-state index is -0.473. The maximum atomic E-state index is 13.1. The number of benzene rings is 1. The van der Waals surface area contributed by atoms with Crippen molar-refractivity contribution in [3.05, 3.63) is 60.3 Å². The number of nitrogens with one attached hydrogen (secondary N) is 1. The molecular formula is C17H15FN4O2. The molecule has 1 aromatic carbocycles. The number of methoxy groups -OCH3 is 1. The number of rotatable bonds is 4. The van der Waals surface area contributed by atoms with Crippen LogP contribution in [-0.2, 0) is 11.8 Å². The summed E-state index contributed by atoms with van der Waals surface area (Å²) in [6, 6.07) is 7.67. The molecule has 0 aliphatic heterocycles. The van der Waals surface area contributed by atoms with Crippen LogP contribution in [0.3, 0.4) is 0 Å². The predicted octanol–water partition coefficient (Wildman–Crippen LogP) is 3.15. The smallest absolute Gasteiger partial charge is 0.340 e. The van der Waals surface area contributed by atoms with Gasteiger partial charge in [0.05, 0.1) is 24.6 Å². The Morgan fingerprint density at radius 2 is 2.00 bits per heavy atom. The van der Waals surface area contributed by atoms with Crippen LogP contribution in [0.5, 0.6) is 0 Å². The van der Waals surface area contributed by atoms with Gasteiger partial charge in [-0.05, 0) is 23.8 Å². The van der Waals surface area contributed by atoms with E-state index in [0.29, 0.717) is 17.1 Å². The number of aryl methyl sites for hydroxylation is 1. The number of esters is 1. The van der Waals surface area contributed by atoms with E-state index < -0.39 is 5.97 Å². The molecule has 0 spiro atoms. The third-order valence-corrected chi connectivity index (χ3v) is 3.46. The summed E-state index contributed by atoms with van der Waals surface area (Å²) >= 11 is 0. The van der Waals surface area contributed by atoms with E-state index >= 15 is 0 Å². The molecule has 0 saturated carbocycles.